The lowest BCUT2D eigenvalue weighted by atomic mass is 9.85. The fourth-order valence-corrected chi connectivity index (χ4v) is 2.20. The van der Waals surface area contributed by atoms with E-state index < -0.39 is 6.10 Å². The molecule has 0 aliphatic carbocycles. The molecule has 100 valence electrons. The van der Waals surface area contributed by atoms with Crippen molar-refractivity contribution in [2.24, 2.45) is 5.92 Å². The summed E-state index contributed by atoms with van der Waals surface area (Å²) in [6.07, 6.45) is 3.48. The summed E-state index contributed by atoms with van der Waals surface area (Å²) < 4.78 is 5.07. The summed E-state index contributed by atoms with van der Waals surface area (Å²) in [5.41, 5.74) is 1.07. The van der Waals surface area contributed by atoms with E-state index in [0.29, 0.717) is 0 Å². The number of nitrogens with one attached hydrogen (secondary N) is 1. The van der Waals surface area contributed by atoms with Gasteiger partial charge < -0.3 is 10.1 Å². The summed E-state index contributed by atoms with van der Waals surface area (Å²) in [6, 6.07) is 9.76. The molecular weight excluding hydrogens is 242 g/mol. The van der Waals surface area contributed by atoms with Crippen LogP contribution in [-0.2, 0) is 14.3 Å². The van der Waals surface area contributed by atoms with E-state index in [0.717, 1.165) is 5.56 Å². The van der Waals surface area contributed by atoms with E-state index in [-0.39, 0.29) is 23.8 Å². The smallest absolute Gasteiger partial charge is 0.302 e. The average molecular weight is 259 g/mol. The number of carbonyl (C=O) groups is 2. The van der Waals surface area contributed by atoms with Gasteiger partial charge in [-0.05, 0) is 12.5 Å². The van der Waals surface area contributed by atoms with Crippen molar-refractivity contribution in [3.8, 4) is 0 Å². The van der Waals surface area contributed by atoms with Crippen LogP contribution in [0.15, 0.2) is 36.4 Å². The zero-order chi connectivity index (χ0) is 13.8. The van der Waals surface area contributed by atoms with Crippen LogP contribution in [-0.4, -0.2) is 24.0 Å². The summed E-state index contributed by atoms with van der Waals surface area (Å²) in [6.45, 7) is 3.09. The summed E-state index contributed by atoms with van der Waals surface area (Å²) in [5, 5.41) is 2.80. The molecule has 1 fully saturated rings. The molecule has 3 atom stereocenters. The third kappa shape index (κ3) is 3.22. The summed E-state index contributed by atoms with van der Waals surface area (Å²) in [4.78, 5) is 22.5. The van der Waals surface area contributed by atoms with Gasteiger partial charge in [0.2, 0.25) is 5.91 Å². The molecular formula is C15H17NO3. The van der Waals surface area contributed by atoms with Gasteiger partial charge in [-0.2, -0.15) is 0 Å². The molecule has 1 amide bonds. The van der Waals surface area contributed by atoms with Crippen molar-refractivity contribution in [2.45, 2.75) is 26.0 Å². The maximum absolute atomic E-state index is 11.5. The first-order valence-corrected chi connectivity index (χ1v) is 6.29. The third-order valence-corrected chi connectivity index (χ3v) is 3.15. The molecule has 0 aromatic heterocycles. The minimum absolute atomic E-state index is 0.0727. The summed E-state index contributed by atoms with van der Waals surface area (Å²) in [7, 11) is 0. The monoisotopic (exact) mass is 259 g/mol. The maximum Gasteiger partial charge on any atom is 0.302 e. The van der Waals surface area contributed by atoms with Gasteiger partial charge in [0.1, 0.15) is 6.10 Å². The fourth-order valence-electron chi connectivity index (χ4n) is 2.20. The predicted octanol–water partition coefficient (Wildman–Crippen LogP) is 1.77. The third-order valence-electron chi connectivity index (χ3n) is 3.15. The van der Waals surface area contributed by atoms with Crippen LogP contribution in [0.25, 0.3) is 6.08 Å². The Hall–Kier alpha value is -2.10. The summed E-state index contributed by atoms with van der Waals surface area (Å²) in [5.74, 6) is -0.738. The molecule has 19 heavy (non-hydrogen) atoms. The number of benzene rings is 1. The lowest BCUT2D eigenvalue weighted by Crippen LogP contribution is -2.61. The van der Waals surface area contributed by atoms with Crippen molar-refractivity contribution in [3.05, 3.63) is 42.0 Å². The fraction of sp³-hybridized carbons (Fsp3) is 0.333. The minimum Gasteiger partial charge on any atom is -0.462 e. The normalized spacial score (nSPS) is 23.6. The first-order chi connectivity index (χ1) is 9.08. The zero-order valence-corrected chi connectivity index (χ0v) is 11.0. The van der Waals surface area contributed by atoms with Gasteiger partial charge in [0.15, 0.2) is 0 Å². The molecule has 0 unspecified atom stereocenters. The van der Waals surface area contributed by atoms with E-state index in [1.807, 2.05) is 42.5 Å². The molecule has 1 saturated heterocycles. The van der Waals surface area contributed by atoms with Crippen LogP contribution >= 0.6 is 0 Å². The number of hydrogen-bond donors (Lipinski definition) is 1. The number of hydrogen-bond acceptors (Lipinski definition) is 3. The molecule has 1 aliphatic heterocycles. The molecule has 0 bridgehead atoms. The van der Waals surface area contributed by atoms with Crippen molar-refractivity contribution >= 4 is 18.0 Å². The molecule has 1 aromatic rings. The Balaban J connectivity index is 1.99. The first kappa shape index (κ1) is 13.3. The van der Waals surface area contributed by atoms with Gasteiger partial charge in [-0.15, -0.1) is 0 Å². The topological polar surface area (TPSA) is 55.4 Å². The lowest BCUT2D eigenvalue weighted by Gasteiger charge is -2.37. The van der Waals surface area contributed by atoms with Crippen molar-refractivity contribution < 1.29 is 14.3 Å². The first-order valence-electron chi connectivity index (χ1n) is 6.29. The summed E-state index contributed by atoms with van der Waals surface area (Å²) >= 11 is 0. The number of esters is 1. The highest BCUT2D eigenvalue weighted by Gasteiger charge is 2.42. The number of β-lactam (4-membered cyclic amide) rings is 1. The minimum atomic E-state index is -0.406. The predicted molar refractivity (Wildman–Crippen MR) is 72.1 cm³/mol. The van der Waals surface area contributed by atoms with Crippen molar-refractivity contribution in [1.82, 2.24) is 5.32 Å². The van der Waals surface area contributed by atoms with Crippen LogP contribution in [0.2, 0.25) is 0 Å². The lowest BCUT2D eigenvalue weighted by molar-refractivity contribution is -0.155. The van der Waals surface area contributed by atoms with E-state index in [1.54, 1.807) is 6.92 Å². The quantitative estimate of drug-likeness (QED) is 0.662. The Morgan fingerprint density at radius 1 is 1.37 bits per heavy atom. The Morgan fingerprint density at radius 2 is 2.05 bits per heavy atom. The highest BCUT2D eigenvalue weighted by atomic mass is 16.5. The van der Waals surface area contributed by atoms with Crippen LogP contribution in [0.3, 0.4) is 0 Å². The molecule has 0 saturated carbocycles. The van der Waals surface area contributed by atoms with Gasteiger partial charge in [0.05, 0.1) is 12.0 Å². The molecule has 2 rings (SSSR count). The number of ether oxygens (including phenoxy) is 1. The standard InChI is InChI=1S/C15H17NO3/c1-10(19-11(2)17)14-13(16-15(14)18)9-8-12-6-4-3-5-7-12/h3-10,13-14H,1-2H3,(H,16,18)/b9-8+/t10-,13+,14+/m1/s1. The van der Waals surface area contributed by atoms with Crippen LogP contribution in [0.1, 0.15) is 19.4 Å². The Kier molecular flexibility index (Phi) is 4.00. The van der Waals surface area contributed by atoms with E-state index in [2.05, 4.69) is 5.32 Å². The van der Waals surface area contributed by atoms with Gasteiger partial charge >= 0.3 is 5.97 Å². The molecule has 1 heterocycles. The van der Waals surface area contributed by atoms with E-state index in [4.69, 9.17) is 4.74 Å². The van der Waals surface area contributed by atoms with Crippen molar-refractivity contribution in [2.75, 3.05) is 0 Å². The molecule has 0 radical (unpaired) electrons. The average Bonchev–Trinajstić information content (AvgIpc) is 2.34. The number of rotatable bonds is 4. The SMILES string of the molecule is CC(=O)O[C@H](C)[C@@H]1C(=O)N[C@H]1/C=C/c1ccccc1. The van der Waals surface area contributed by atoms with Crippen molar-refractivity contribution in [1.29, 1.82) is 0 Å². The van der Waals surface area contributed by atoms with Crippen LogP contribution in [0.5, 0.6) is 0 Å². The second-order valence-corrected chi connectivity index (χ2v) is 4.64. The highest BCUT2D eigenvalue weighted by molar-refractivity contribution is 5.88. The van der Waals surface area contributed by atoms with Crippen LogP contribution in [0.4, 0.5) is 0 Å². The van der Waals surface area contributed by atoms with E-state index >= 15 is 0 Å². The second kappa shape index (κ2) is 5.69. The van der Waals surface area contributed by atoms with Crippen LogP contribution in [0, 0.1) is 5.92 Å². The number of carbonyl (C=O) groups excluding carboxylic acids is 2. The van der Waals surface area contributed by atoms with Gasteiger partial charge in [-0.1, -0.05) is 42.5 Å². The highest BCUT2D eigenvalue weighted by Crippen LogP contribution is 2.23. The van der Waals surface area contributed by atoms with Gasteiger partial charge in [0.25, 0.3) is 0 Å². The molecule has 4 nitrogen and oxygen atoms in total. The Bertz CT molecular complexity index is 495. The van der Waals surface area contributed by atoms with Gasteiger partial charge in [-0.25, -0.2) is 0 Å². The van der Waals surface area contributed by atoms with Gasteiger partial charge in [0, 0.05) is 6.92 Å². The second-order valence-electron chi connectivity index (χ2n) is 4.64. The molecule has 4 heteroatoms. The number of amides is 1. The molecule has 0 spiro atoms. The molecule has 1 N–H and O–H groups in total. The van der Waals surface area contributed by atoms with Crippen LogP contribution < -0.4 is 5.32 Å². The molecule has 1 aliphatic rings. The largest absolute Gasteiger partial charge is 0.462 e. The van der Waals surface area contributed by atoms with Crippen molar-refractivity contribution in [3.63, 3.8) is 0 Å². The Morgan fingerprint density at radius 3 is 2.63 bits per heavy atom. The zero-order valence-electron chi connectivity index (χ0n) is 11.0. The van der Waals surface area contributed by atoms with E-state index in [9.17, 15) is 9.59 Å². The maximum atomic E-state index is 11.5. The van der Waals surface area contributed by atoms with E-state index in [1.165, 1.54) is 6.92 Å². The van der Waals surface area contributed by atoms with Gasteiger partial charge in [-0.3, -0.25) is 9.59 Å². The molecule has 1 aromatic carbocycles. The Labute approximate surface area is 112 Å².